The number of methoxy groups -OCH3 is 1. The van der Waals surface area contributed by atoms with E-state index < -0.39 is 15.9 Å². The smallest absolute Gasteiger partial charge is 0.243 e. The average Bonchev–Trinajstić information content (AvgIpc) is 2.79. The molecule has 3 rings (SSSR count). The van der Waals surface area contributed by atoms with Gasteiger partial charge in [0.25, 0.3) is 0 Å². The number of amides is 1. The molecule has 0 aromatic heterocycles. The number of anilines is 1. The summed E-state index contributed by atoms with van der Waals surface area (Å²) in [6, 6.07) is 20.2. The third-order valence-corrected chi connectivity index (χ3v) is 7.14. The van der Waals surface area contributed by atoms with Crippen LogP contribution in [0.2, 0.25) is 10.0 Å². The highest BCUT2D eigenvalue weighted by Gasteiger charge is 2.27. The number of carbonyl (C=O) groups excluding carboxylic acids is 1. The van der Waals surface area contributed by atoms with Gasteiger partial charge < -0.3 is 10.1 Å². The first-order valence-electron chi connectivity index (χ1n) is 9.72. The summed E-state index contributed by atoms with van der Waals surface area (Å²) in [7, 11) is -2.44. The maximum absolute atomic E-state index is 13.3. The van der Waals surface area contributed by atoms with Crippen molar-refractivity contribution in [3.63, 3.8) is 0 Å². The van der Waals surface area contributed by atoms with E-state index in [1.54, 1.807) is 24.3 Å². The maximum Gasteiger partial charge on any atom is 0.243 e. The van der Waals surface area contributed by atoms with Gasteiger partial charge in [-0.15, -0.1) is 0 Å². The Kier molecular flexibility index (Phi) is 8.15. The van der Waals surface area contributed by atoms with Crippen molar-refractivity contribution in [2.75, 3.05) is 25.5 Å². The van der Waals surface area contributed by atoms with Crippen LogP contribution in [0, 0.1) is 0 Å². The number of halogens is 2. The molecule has 32 heavy (non-hydrogen) atoms. The summed E-state index contributed by atoms with van der Waals surface area (Å²) >= 11 is 12.1. The molecule has 0 bridgehead atoms. The minimum absolute atomic E-state index is 0.0694. The van der Waals surface area contributed by atoms with E-state index >= 15 is 0 Å². The normalized spacial score (nSPS) is 11.4. The number of sulfonamides is 1. The zero-order chi connectivity index (χ0) is 23.1. The van der Waals surface area contributed by atoms with Gasteiger partial charge in [-0.3, -0.25) is 4.79 Å². The third kappa shape index (κ3) is 6.23. The van der Waals surface area contributed by atoms with Gasteiger partial charge >= 0.3 is 0 Å². The molecule has 0 saturated carbocycles. The van der Waals surface area contributed by atoms with E-state index in [9.17, 15) is 13.2 Å². The molecule has 1 N–H and O–H groups in total. The molecule has 3 aromatic carbocycles. The fourth-order valence-corrected chi connectivity index (χ4v) is 4.76. The Morgan fingerprint density at radius 3 is 2.34 bits per heavy atom. The van der Waals surface area contributed by atoms with Gasteiger partial charge in [0.1, 0.15) is 5.75 Å². The van der Waals surface area contributed by atoms with Crippen LogP contribution in [0.15, 0.2) is 77.7 Å². The Morgan fingerprint density at radius 2 is 1.69 bits per heavy atom. The third-order valence-electron chi connectivity index (χ3n) is 4.71. The summed E-state index contributed by atoms with van der Waals surface area (Å²) in [5, 5.41) is 3.34. The molecule has 0 spiro atoms. The van der Waals surface area contributed by atoms with E-state index in [-0.39, 0.29) is 18.0 Å². The number of ether oxygens (including phenoxy) is 1. The van der Waals surface area contributed by atoms with Crippen molar-refractivity contribution in [2.45, 2.75) is 11.3 Å². The van der Waals surface area contributed by atoms with Crippen molar-refractivity contribution < 1.29 is 17.9 Å². The topological polar surface area (TPSA) is 75.7 Å². The van der Waals surface area contributed by atoms with Gasteiger partial charge in [-0.1, -0.05) is 53.5 Å². The zero-order valence-electron chi connectivity index (χ0n) is 17.3. The van der Waals surface area contributed by atoms with Crippen LogP contribution in [-0.4, -0.2) is 38.8 Å². The molecule has 0 aliphatic heterocycles. The molecule has 0 fully saturated rings. The Hall–Kier alpha value is -2.58. The molecule has 0 aliphatic rings. The lowest BCUT2D eigenvalue weighted by Crippen LogP contribution is -2.39. The molecule has 0 saturated heterocycles. The molecule has 0 heterocycles. The highest BCUT2D eigenvalue weighted by molar-refractivity contribution is 7.89. The Labute approximate surface area is 197 Å². The lowest BCUT2D eigenvalue weighted by Gasteiger charge is -2.22. The van der Waals surface area contributed by atoms with E-state index in [0.29, 0.717) is 27.9 Å². The quantitative estimate of drug-likeness (QED) is 0.462. The van der Waals surface area contributed by atoms with E-state index in [1.807, 2.05) is 30.3 Å². The lowest BCUT2D eigenvalue weighted by atomic mass is 10.1. The summed E-state index contributed by atoms with van der Waals surface area (Å²) < 4.78 is 32.9. The number of rotatable bonds is 9. The van der Waals surface area contributed by atoms with Crippen LogP contribution in [0.1, 0.15) is 5.56 Å². The minimum Gasteiger partial charge on any atom is -0.497 e. The Bertz CT molecular complexity index is 1170. The second-order valence-electron chi connectivity index (χ2n) is 6.92. The predicted octanol–water partition coefficient (Wildman–Crippen LogP) is 4.87. The number of benzene rings is 3. The molecule has 0 atom stereocenters. The first-order chi connectivity index (χ1) is 15.3. The van der Waals surface area contributed by atoms with Gasteiger partial charge in [-0.05, 0) is 54.4 Å². The Balaban J connectivity index is 1.83. The number of nitrogens with zero attached hydrogens (tertiary/aromatic N) is 1. The second kappa shape index (κ2) is 10.8. The van der Waals surface area contributed by atoms with Crippen LogP contribution in [0.4, 0.5) is 5.69 Å². The van der Waals surface area contributed by atoms with Gasteiger partial charge in [-0.25, -0.2) is 8.42 Å². The number of hydrogen-bond acceptors (Lipinski definition) is 4. The molecule has 168 valence electrons. The van der Waals surface area contributed by atoms with Crippen molar-refractivity contribution in [1.29, 1.82) is 0 Å². The maximum atomic E-state index is 13.3. The largest absolute Gasteiger partial charge is 0.497 e. The highest BCUT2D eigenvalue weighted by atomic mass is 35.5. The molecular formula is C23H22Cl2N2O4S. The summed E-state index contributed by atoms with van der Waals surface area (Å²) in [6.07, 6.45) is 0.446. The first kappa shape index (κ1) is 24.1. The minimum atomic E-state index is -3.94. The fourth-order valence-electron chi connectivity index (χ4n) is 3.02. The van der Waals surface area contributed by atoms with Gasteiger partial charge in [-0.2, -0.15) is 4.31 Å². The zero-order valence-corrected chi connectivity index (χ0v) is 19.6. The van der Waals surface area contributed by atoms with Crippen LogP contribution < -0.4 is 10.1 Å². The molecule has 9 heteroatoms. The molecule has 0 radical (unpaired) electrons. The first-order valence-corrected chi connectivity index (χ1v) is 11.9. The van der Waals surface area contributed by atoms with Gasteiger partial charge in [0.15, 0.2) is 0 Å². The van der Waals surface area contributed by atoms with Gasteiger partial charge in [0.2, 0.25) is 15.9 Å². The molecule has 0 unspecified atom stereocenters. The second-order valence-corrected chi connectivity index (χ2v) is 9.70. The van der Waals surface area contributed by atoms with Crippen LogP contribution in [0.25, 0.3) is 0 Å². The van der Waals surface area contributed by atoms with Crippen LogP contribution in [0.3, 0.4) is 0 Å². The lowest BCUT2D eigenvalue weighted by molar-refractivity contribution is -0.116. The summed E-state index contributed by atoms with van der Waals surface area (Å²) in [4.78, 5) is 12.8. The predicted molar refractivity (Wildman–Crippen MR) is 127 cm³/mol. The molecule has 0 aliphatic carbocycles. The van der Waals surface area contributed by atoms with Crippen molar-refractivity contribution in [1.82, 2.24) is 4.31 Å². The SMILES string of the molecule is COc1ccc(S(=O)(=O)N(CCc2ccccc2)CC(=O)Nc2cc(Cl)ccc2Cl)cc1. The van der Waals surface area contributed by atoms with Gasteiger partial charge in [0, 0.05) is 11.6 Å². The summed E-state index contributed by atoms with van der Waals surface area (Å²) in [5.74, 6) is 0.00689. The monoisotopic (exact) mass is 492 g/mol. The van der Waals surface area contributed by atoms with E-state index in [2.05, 4.69) is 5.32 Å². The molecule has 3 aromatic rings. The number of hydrogen-bond donors (Lipinski definition) is 1. The fraction of sp³-hybridized carbons (Fsp3) is 0.174. The Morgan fingerprint density at radius 1 is 1.00 bits per heavy atom. The molecular weight excluding hydrogens is 471 g/mol. The number of nitrogens with one attached hydrogen (secondary N) is 1. The summed E-state index contributed by atoms with van der Waals surface area (Å²) in [6.45, 7) is -0.265. The van der Waals surface area contributed by atoms with Crippen molar-refractivity contribution in [2.24, 2.45) is 0 Å². The van der Waals surface area contributed by atoms with Crippen molar-refractivity contribution in [3.8, 4) is 5.75 Å². The van der Waals surface area contributed by atoms with Gasteiger partial charge in [0.05, 0.1) is 29.3 Å². The van der Waals surface area contributed by atoms with Crippen molar-refractivity contribution in [3.05, 3.63) is 88.4 Å². The van der Waals surface area contributed by atoms with Crippen LogP contribution in [-0.2, 0) is 21.2 Å². The average molecular weight is 493 g/mol. The van der Waals surface area contributed by atoms with Crippen LogP contribution in [0.5, 0.6) is 5.75 Å². The highest BCUT2D eigenvalue weighted by Crippen LogP contribution is 2.26. The van der Waals surface area contributed by atoms with Crippen LogP contribution >= 0.6 is 23.2 Å². The van der Waals surface area contributed by atoms with E-state index in [0.717, 1.165) is 9.87 Å². The van der Waals surface area contributed by atoms with Crippen molar-refractivity contribution >= 4 is 44.8 Å². The van der Waals surface area contributed by atoms with E-state index in [1.165, 1.54) is 25.3 Å². The molecule has 6 nitrogen and oxygen atoms in total. The number of carbonyl (C=O) groups is 1. The molecule has 1 amide bonds. The van der Waals surface area contributed by atoms with E-state index in [4.69, 9.17) is 27.9 Å². The summed E-state index contributed by atoms with van der Waals surface area (Å²) in [5.41, 5.74) is 1.27. The standard InChI is InChI=1S/C23H22Cl2N2O4S/c1-31-19-8-10-20(11-9-19)32(29,30)27(14-13-17-5-3-2-4-6-17)16-23(28)26-22-15-18(24)7-12-21(22)25/h2-12,15H,13-14,16H2,1H3,(H,26,28).